The molecule has 30 heavy (non-hydrogen) atoms. The van der Waals surface area contributed by atoms with Crippen molar-refractivity contribution in [1.82, 2.24) is 14.9 Å². The first kappa shape index (κ1) is 20.1. The molecule has 4 aromatic rings. The summed E-state index contributed by atoms with van der Waals surface area (Å²) >= 11 is 5.95. The van der Waals surface area contributed by atoms with Crippen LogP contribution in [0, 0.1) is 5.82 Å². The molecule has 0 saturated heterocycles. The highest BCUT2D eigenvalue weighted by Gasteiger charge is 2.11. The van der Waals surface area contributed by atoms with Crippen molar-refractivity contribution >= 4 is 28.5 Å². The van der Waals surface area contributed by atoms with Gasteiger partial charge in [0.15, 0.2) is 0 Å². The van der Waals surface area contributed by atoms with E-state index in [2.05, 4.69) is 9.88 Å². The summed E-state index contributed by atoms with van der Waals surface area (Å²) in [5, 5.41) is 3.47. The third-order valence-corrected chi connectivity index (χ3v) is 5.17. The highest BCUT2D eigenvalue weighted by atomic mass is 35.5. The highest BCUT2D eigenvalue weighted by Crippen LogP contribution is 2.19. The van der Waals surface area contributed by atoms with Gasteiger partial charge in [0.1, 0.15) is 11.6 Å². The summed E-state index contributed by atoms with van der Waals surface area (Å²) in [6.07, 6.45) is 1.46. The number of aryl methyl sites for hydroxylation is 1. The van der Waals surface area contributed by atoms with Gasteiger partial charge in [0, 0.05) is 30.1 Å². The van der Waals surface area contributed by atoms with Crippen LogP contribution in [0.15, 0.2) is 72.8 Å². The average Bonchev–Trinajstić information content (AvgIpc) is 3.10. The Balaban J connectivity index is 1.44. The number of carbonyl (C=O) groups is 1. The predicted octanol–water partition coefficient (Wildman–Crippen LogP) is 5.24. The molecule has 3 aromatic carbocycles. The molecule has 0 spiro atoms. The van der Waals surface area contributed by atoms with Crippen LogP contribution in [-0.4, -0.2) is 22.0 Å². The third kappa shape index (κ3) is 4.69. The summed E-state index contributed by atoms with van der Waals surface area (Å²) in [4.78, 5) is 17.0. The number of halogens is 2. The zero-order valence-corrected chi connectivity index (χ0v) is 17.1. The number of rotatable bonds is 7. The maximum Gasteiger partial charge on any atom is 0.251 e. The number of hydrogen-bond acceptors (Lipinski definition) is 2. The number of nitrogens with zero attached hydrogens (tertiary/aromatic N) is 2. The predicted molar refractivity (Wildman–Crippen MR) is 117 cm³/mol. The quantitative estimate of drug-likeness (QED) is 0.415. The van der Waals surface area contributed by atoms with Gasteiger partial charge >= 0.3 is 0 Å². The lowest BCUT2D eigenvalue weighted by atomic mass is 10.2. The normalized spacial score (nSPS) is 11.0. The Kier molecular flexibility index (Phi) is 6.10. The zero-order valence-electron chi connectivity index (χ0n) is 16.3. The van der Waals surface area contributed by atoms with Crippen molar-refractivity contribution < 1.29 is 9.18 Å². The summed E-state index contributed by atoms with van der Waals surface area (Å²) in [7, 11) is 0. The van der Waals surface area contributed by atoms with Crippen LogP contribution in [0.25, 0.3) is 11.0 Å². The van der Waals surface area contributed by atoms with Gasteiger partial charge in [-0.1, -0.05) is 41.9 Å². The van der Waals surface area contributed by atoms with E-state index in [1.807, 2.05) is 24.3 Å². The van der Waals surface area contributed by atoms with Gasteiger partial charge in [-0.3, -0.25) is 4.79 Å². The van der Waals surface area contributed by atoms with Gasteiger partial charge in [0.25, 0.3) is 5.91 Å². The first-order chi connectivity index (χ1) is 14.6. The maximum atomic E-state index is 13.3. The summed E-state index contributed by atoms with van der Waals surface area (Å²) in [5.41, 5.74) is 3.53. The average molecular weight is 422 g/mol. The number of nitrogens with one attached hydrogen (secondary N) is 1. The van der Waals surface area contributed by atoms with Gasteiger partial charge in [0.2, 0.25) is 0 Å². The topological polar surface area (TPSA) is 46.9 Å². The molecular weight excluding hydrogens is 401 g/mol. The van der Waals surface area contributed by atoms with E-state index in [0.29, 0.717) is 30.1 Å². The summed E-state index contributed by atoms with van der Waals surface area (Å²) in [6, 6.07) is 21.4. The first-order valence-corrected chi connectivity index (χ1v) is 10.2. The fraction of sp³-hybridized carbons (Fsp3) is 0.167. The number of carbonyl (C=O) groups excluding carboxylic acids is 1. The van der Waals surface area contributed by atoms with Gasteiger partial charge < -0.3 is 9.88 Å². The lowest BCUT2D eigenvalue weighted by molar-refractivity contribution is 0.0953. The van der Waals surface area contributed by atoms with E-state index in [-0.39, 0.29) is 11.7 Å². The molecule has 0 atom stereocenters. The molecule has 0 saturated carbocycles. The molecule has 1 aromatic heterocycles. The minimum absolute atomic E-state index is 0.141. The molecule has 0 aliphatic rings. The van der Waals surface area contributed by atoms with Crippen LogP contribution in [0.1, 0.15) is 28.2 Å². The standard InChI is InChI=1S/C24H21ClFN3O/c25-19-6-3-5-18(15-19)24(30)27-14-4-9-23-28-21-7-1-2-8-22(21)29(23)16-17-10-12-20(26)13-11-17/h1-3,5-8,10-13,15H,4,9,14,16H2,(H,27,30). The van der Waals surface area contributed by atoms with E-state index < -0.39 is 0 Å². The van der Waals surface area contributed by atoms with Crippen LogP contribution >= 0.6 is 11.6 Å². The first-order valence-electron chi connectivity index (χ1n) is 9.82. The maximum absolute atomic E-state index is 13.3. The van der Waals surface area contributed by atoms with Crippen molar-refractivity contribution in [2.45, 2.75) is 19.4 Å². The van der Waals surface area contributed by atoms with E-state index in [4.69, 9.17) is 16.6 Å². The van der Waals surface area contributed by atoms with E-state index in [1.165, 1.54) is 12.1 Å². The summed E-state index contributed by atoms with van der Waals surface area (Å²) in [6.45, 7) is 1.15. The Labute approximate surface area is 179 Å². The molecule has 0 aliphatic carbocycles. The zero-order chi connectivity index (χ0) is 20.9. The largest absolute Gasteiger partial charge is 0.352 e. The fourth-order valence-corrected chi connectivity index (χ4v) is 3.64. The van der Waals surface area contributed by atoms with Crippen LogP contribution < -0.4 is 5.32 Å². The van der Waals surface area contributed by atoms with E-state index in [0.717, 1.165) is 28.8 Å². The van der Waals surface area contributed by atoms with Crippen molar-refractivity contribution in [3.63, 3.8) is 0 Å². The number of hydrogen-bond donors (Lipinski definition) is 1. The van der Waals surface area contributed by atoms with Crippen molar-refractivity contribution in [3.05, 3.63) is 101 Å². The Morgan fingerprint density at radius 2 is 1.83 bits per heavy atom. The molecule has 1 heterocycles. The molecule has 1 amide bonds. The molecule has 0 fully saturated rings. The van der Waals surface area contributed by atoms with Gasteiger partial charge in [0.05, 0.1) is 11.0 Å². The molecule has 4 rings (SSSR count). The molecule has 6 heteroatoms. The van der Waals surface area contributed by atoms with E-state index in [1.54, 1.807) is 36.4 Å². The molecule has 152 valence electrons. The van der Waals surface area contributed by atoms with Gasteiger partial charge in [-0.25, -0.2) is 9.37 Å². The van der Waals surface area contributed by atoms with Crippen LogP contribution in [0.3, 0.4) is 0 Å². The number of amides is 1. The molecular formula is C24H21ClFN3O. The van der Waals surface area contributed by atoms with Crippen molar-refractivity contribution in [2.24, 2.45) is 0 Å². The summed E-state index contributed by atoms with van der Waals surface area (Å²) < 4.78 is 15.4. The minimum atomic E-state index is -0.245. The SMILES string of the molecule is O=C(NCCCc1nc2ccccc2n1Cc1ccc(F)cc1)c1cccc(Cl)c1. The minimum Gasteiger partial charge on any atom is -0.352 e. The van der Waals surface area contributed by atoms with Gasteiger partial charge in [-0.15, -0.1) is 0 Å². The van der Waals surface area contributed by atoms with E-state index >= 15 is 0 Å². The van der Waals surface area contributed by atoms with Gasteiger partial charge in [-0.05, 0) is 54.4 Å². The van der Waals surface area contributed by atoms with Crippen LogP contribution in [0.4, 0.5) is 4.39 Å². The molecule has 0 bridgehead atoms. The molecule has 0 unspecified atom stereocenters. The van der Waals surface area contributed by atoms with Crippen molar-refractivity contribution in [1.29, 1.82) is 0 Å². The van der Waals surface area contributed by atoms with Crippen molar-refractivity contribution in [2.75, 3.05) is 6.54 Å². The molecule has 0 radical (unpaired) electrons. The fourth-order valence-electron chi connectivity index (χ4n) is 3.45. The highest BCUT2D eigenvalue weighted by molar-refractivity contribution is 6.30. The monoisotopic (exact) mass is 421 g/mol. The Morgan fingerprint density at radius 1 is 1.03 bits per heavy atom. The molecule has 1 N–H and O–H groups in total. The smallest absolute Gasteiger partial charge is 0.251 e. The Bertz CT molecular complexity index is 1170. The Morgan fingerprint density at radius 3 is 2.63 bits per heavy atom. The number of aromatic nitrogens is 2. The second-order valence-corrected chi connectivity index (χ2v) is 7.54. The summed E-state index contributed by atoms with van der Waals surface area (Å²) in [5.74, 6) is 0.555. The second kappa shape index (κ2) is 9.09. The van der Waals surface area contributed by atoms with Gasteiger partial charge in [-0.2, -0.15) is 0 Å². The number of para-hydroxylation sites is 2. The third-order valence-electron chi connectivity index (χ3n) is 4.94. The lowest BCUT2D eigenvalue weighted by Gasteiger charge is -2.10. The number of imidazole rings is 1. The van der Waals surface area contributed by atoms with Crippen LogP contribution in [-0.2, 0) is 13.0 Å². The van der Waals surface area contributed by atoms with Crippen LogP contribution in [0.5, 0.6) is 0 Å². The second-order valence-electron chi connectivity index (χ2n) is 7.10. The molecule has 0 aliphatic heterocycles. The van der Waals surface area contributed by atoms with Crippen LogP contribution in [0.2, 0.25) is 5.02 Å². The number of benzene rings is 3. The van der Waals surface area contributed by atoms with E-state index in [9.17, 15) is 9.18 Å². The van der Waals surface area contributed by atoms with Crippen molar-refractivity contribution in [3.8, 4) is 0 Å². The molecule has 4 nitrogen and oxygen atoms in total. The lowest BCUT2D eigenvalue weighted by Crippen LogP contribution is -2.25. The Hall–Kier alpha value is -3.18. The number of fused-ring (bicyclic) bond motifs is 1.